The Kier molecular flexibility index (Phi) is 4.95. The van der Waals surface area contributed by atoms with Crippen molar-refractivity contribution in [2.45, 2.75) is 32.3 Å². The molecule has 1 atom stereocenters. The first-order valence-electron chi connectivity index (χ1n) is 5.20. The van der Waals surface area contributed by atoms with Crippen LogP contribution in [-0.4, -0.2) is 23.2 Å². The van der Waals surface area contributed by atoms with E-state index < -0.39 is 5.60 Å². The van der Waals surface area contributed by atoms with E-state index in [9.17, 15) is 9.90 Å². The Labute approximate surface area is 108 Å². The second-order valence-corrected chi connectivity index (χ2v) is 6.50. The maximum Gasteiger partial charge on any atom is 0.261 e. The fourth-order valence-electron chi connectivity index (χ4n) is 1.42. The number of halogens is 1. The van der Waals surface area contributed by atoms with Crippen molar-refractivity contribution in [1.29, 1.82) is 0 Å². The van der Waals surface area contributed by atoms with Crippen molar-refractivity contribution < 1.29 is 9.90 Å². The van der Waals surface area contributed by atoms with E-state index in [0.717, 1.165) is 10.2 Å². The second-order valence-electron chi connectivity index (χ2n) is 4.03. The molecule has 90 valence electrons. The minimum atomic E-state index is -0.821. The molecule has 0 aromatic carbocycles. The number of rotatable bonds is 5. The summed E-state index contributed by atoms with van der Waals surface area (Å²) in [6, 6.07) is 3.60. The number of carbonyl (C=O) groups is 1. The second kappa shape index (κ2) is 5.80. The number of aliphatic hydroxyl groups is 1. The molecular formula is C11H16BrNO2S. The molecule has 0 aliphatic rings. The van der Waals surface area contributed by atoms with Gasteiger partial charge in [0.15, 0.2) is 0 Å². The van der Waals surface area contributed by atoms with Gasteiger partial charge in [0.1, 0.15) is 0 Å². The fraction of sp³-hybridized carbons (Fsp3) is 0.545. The van der Waals surface area contributed by atoms with Gasteiger partial charge in [0, 0.05) is 6.54 Å². The Morgan fingerprint density at radius 1 is 1.62 bits per heavy atom. The standard InChI is InChI=1S/C11H16BrNO2S/c1-3-6-11(2,15)7-13-10(14)8-4-5-9(12)16-8/h4-5,15H,3,6-7H2,1-2H3,(H,13,14). The fourth-order valence-corrected chi connectivity index (χ4v) is 2.72. The molecule has 0 aliphatic carbocycles. The van der Waals surface area contributed by atoms with Crippen molar-refractivity contribution in [3.05, 3.63) is 20.8 Å². The number of thiophene rings is 1. The van der Waals surface area contributed by atoms with E-state index in [4.69, 9.17) is 0 Å². The Balaban J connectivity index is 2.47. The van der Waals surface area contributed by atoms with Gasteiger partial charge in [0.05, 0.1) is 14.3 Å². The van der Waals surface area contributed by atoms with E-state index in [1.165, 1.54) is 11.3 Å². The van der Waals surface area contributed by atoms with Crippen LogP contribution in [0.25, 0.3) is 0 Å². The van der Waals surface area contributed by atoms with Crippen molar-refractivity contribution in [3.8, 4) is 0 Å². The maximum absolute atomic E-state index is 11.7. The third kappa shape index (κ3) is 4.23. The van der Waals surface area contributed by atoms with E-state index in [2.05, 4.69) is 21.2 Å². The summed E-state index contributed by atoms with van der Waals surface area (Å²) in [6.07, 6.45) is 1.58. The molecule has 1 aromatic rings. The van der Waals surface area contributed by atoms with Gasteiger partial charge in [-0.05, 0) is 41.4 Å². The first kappa shape index (κ1) is 13.7. The summed E-state index contributed by atoms with van der Waals surface area (Å²) in [6.45, 7) is 4.03. The number of amides is 1. The van der Waals surface area contributed by atoms with Crippen molar-refractivity contribution in [3.63, 3.8) is 0 Å². The predicted molar refractivity (Wildman–Crippen MR) is 69.9 cm³/mol. The van der Waals surface area contributed by atoms with Crippen LogP contribution in [0.4, 0.5) is 0 Å². The molecule has 3 nitrogen and oxygen atoms in total. The molecule has 0 bridgehead atoms. The molecular weight excluding hydrogens is 290 g/mol. The van der Waals surface area contributed by atoms with Gasteiger partial charge in [-0.2, -0.15) is 0 Å². The van der Waals surface area contributed by atoms with Gasteiger partial charge >= 0.3 is 0 Å². The van der Waals surface area contributed by atoms with Gasteiger partial charge in [0.2, 0.25) is 0 Å². The summed E-state index contributed by atoms with van der Waals surface area (Å²) >= 11 is 4.69. The lowest BCUT2D eigenvalue weighted by Crippen LogP contribution is -2.40. The lowest BCUT2D eigenvalue weighted by molar-refractivity contribution is 0.0470. The number of carbonyl (C=O) groups excluding carboxylic acids is 1. The number of hydrogen-bond acceptors (Lipinski definition) is 3. The minimum Gasteiger partial charge on any atom is -0.388 e. The van der Waals surface area contributed by atoms with Crippen LogP contribution < -0.4 is 5.32 Å². The monoisotopic (exact) mass is 305 g/mol. The Morgan fingerprint density at radius 2 is 2.31 bits per heavy atom. The molecule has 1 rings (SSSR count). The van der Waals surface area contributed by atoms with Crippen LogP contribution in [0.1, 0.15) is 36.4 Å². The third-order valence-corrected chi connectivity index (χ3v) is 3.84. The SMILES string of the molecule is CCCC(C)(O)CNC(=O)c1ccc(Br)s1. The maximum atomic E-state index is 11.7. The van der Waals surface area contributed by atoms with E-state index in [-0.39, 0.29) is 12.5 Å². The summed E-state index contributed by atoms with van der Waals surface area (Å²) in [7, 11) is 0. The van der Waals surface area contributed by atoms with E-state index in [0.29, 0.717) is 11.3 Å². The van der Waals surface area contributed by atoms with Gasteiger partial charge in [0.25, 0.3) is 5.91 Å². The molecule has 5 heteroatoms. The molecule has 0 fully saturated rings. The molecule has 0 aliphatic heterocycles. The highest BCUT2D eigenvalue weighted by Gasteiger charge is 2.20. The van der Waals surface area contributed by atoms with Crippen molar-refractivity contribution in [1.82, 2.24) is 5.32 Å². The van der Waals surface area contributed by atoms with Crippen LogP contribution in [0.3, 0.4) is 0 Å². The van der Waals surface area contributed by atoms with Crippen molar-refractivity contribution in [2.75, 3.05) is 6.54 Å². The molecule has 16 heavy (non-hydrogen) atoms. The molecule has 0 saturated carbocycles. The highest BCUT2D eigenvalue weighted by atomic mass is 79.9. The topological polar surface area (TPSA) is 49.3 Å². The van der Waals surface area contributed by atoms with Crippen LogP contribution in [0, 0.1) is 0 Å². The molecule has 2 N–H and O–H groups in total. The van der Waals surface area contributed by atoms with Crippen LogP contribution in [0.5, 0.6) is 0 Å². The van der Waals surface area contributed by atoms with Gasteiger partial charge in [-0.1, -0.05) is 13.3 Å². The van der Waals surface area contributed by atoms with Crippen molar-refractivity contribution >= 4 is 33.2 Å². The van der Waals surface area contributed by atoms with Crippen molar-refractivity contribution in [2.24, 2.45) is 0 Å². The zero-order valence-corrected chi connectivity index (χ0v) is 11.8. The lowest BCUT2D eigenvalue weighted by Gasteiger charge is -2.22. The number of hydrogen-bond donors (Lipinski definition) is 2. The largest absolute Gasteiger partial charge is 0.388 e. The van der Waals surface area contributed by atoms with E-state index >= 15 is 0 Å². The highest BCUT2D eigenvalue weighted by Crippen LogP contribution is 2.22. The minimum absolute atomic E-state index is 0.132. The third-order valence-electron chi connectivity index (χ3n) is 2.22. The lowest BCUT2D eigenvalue weighted by atomic mass is 10.0. The predicted octanol–water partition coefficient (Wildman–Crippen LogP) is 2.79. The molecule has 0 saturated heterocycles. The van der Waals surface area contributed by atoms with Crippen LogP contribution in [0.15, 0.2) is 15.9 Å². The molecule has 0 spiro atoms. The van der Waals surface area contributed by atoms with Gasteiger partial charge in [-0.25, -0.2) is 0 Å². The van der Waals surface area contributed by atoms with Gasteiger partial charge in [-0.15, -0.1) is 11.3 Å². The molecule has 1 amide bonds. The van der Waals surface area contributed by atoms with Crippen LogP contribution >= 0.6 is 27.3 Å². The molecule has 0 radical (unpaired) electrons. The zero-order chi connectivity index (χ0) is 12.2. The number of nitrogens with one attached hydrogen (secondary N) is 1. The van der Waals surface area contributed by atoms with E-state index in [1.54, 1.807) is 13.0 Å². The Hall–Kier alpha value is -0.390. The quantitative estimate of drug-likeness (QED) is 0.879. The highest BCUT2D eigenvalue weighted by molar-refractivity contribution is 9.11. The average molecular weight is 306 g/mol. The summed E-state index contributed by atoms with van der Waals surface area (Å²) < 4.78 is 0.929. The van der Waals surface area contributed by atoms with Crippen LogP contribution in [-0.2, 0) is 0 Å². The molecule has 1 unspecified atom stereocenters. The van der Waals surface area contributed by atoms with Gasteiger partial charge < -0.3 is 10.4 Å². The normalized spacial score (nSPS) is 14.5. The molecule has 1 heterocycles. The first-order valence-corrected chi connectivity index (χ1v) is 6.81. The molecule has 1 aromatic heterocycles. The van der Waals surface area contributed by atoms with Gasteiger partial charge in [-0.3, -0.25) is 4.79 Å². The summed E-state index contributed by atoms with van der Waals surface area (Å²) in [5, 5.41) is 12.6. The average Bonchev–Trinajstić information content (AvgIpc) is 2.61. The Morgan fingerprint density at radius 3 is 2.81 bits per heavy atom. The summed E-state index contributed by atoms with van der Waals surface area (Å²) in [5.74, 6) is -0.132. The summed E-state index contributed by atoms with van der Waals surface area (Å²) in [4.78, 5) is 12.3. The van der Waals surface area contributed by atoms with Crippen LogP contribution in [0.2, 0.25) is 0 Å². The Bertz CT molecular complexity index is 363. The smallest absolute Gasteiger partial charge is 0.261 e. The zero-order valence-electron chi connectivity index (χ0n) is 9.42. The summed E-state index contributed by atoms with van der Waals surface area (Å²) in [5.41, 5.74) is -0.821. The van der Waals surface area contributed by atoms with E-state index in [1.807, 2.05) is 13.0 Å². The first-order chi connectivity index (χ1) is 7.44.